The highest BCUT2D eigenvalue weighted by Crippen LogP contribution is 2.44. The summed E-state index contributed by atoms with van der Waals surface area (Å²) in [6.07, 6.45) is -1.50. The van der Waals surface area contributed by atoms with E-state index < -0.39 is 18.3 Å². The maximum Gasteiger partial charge on any atom is 0.407 e. The van der Waals surface area contributed by atoms with Crippen LogP contribution < -0.4 is 5.32 Å². The molecule has 0 heterocycles. The van der Waals surface area contributed by atoms with Gasteiger partial charge in [0.2, 0.25) is 6.08 Å². The number of fused-ring (bicyclic) bond motifs is 3. The summed E-state index contributed by atoms with van der Waals surface area (Å²) in [7, 11) is 0. The fourth-order valence-electron chi connectivity index (χ4n) is 4.23. The molecule has 0 radical (unpaired) electrons. The minimum atomic E-state index is -1.26. The topological polar surface area (TPSA) is 108 Å². The average molecular weight is 444 g/mol. The molecule has 1 aliphatic rings. The van der Waals surface area contributed by atoms with Crippen LogP contribution in [-0.2, 0) is 9.53 Å². The maximum atomic E-state index is 12.2. The zero-order valence-electron chi connectivity index (χ0n) is 17.8. The van der Waals surface area contributed by atoms with Crippen LogP contribution in [0.15, 0.2) is 77.8 Å². The van der Waals surface area contributed by atoms with E-state index >= 15 is 0 Å². The molecule has 1 amide bonds. The van der Waals surface area contributed by atoms with Gasteiger partial charge in [0, 0.05) is 18.0 Å². The van der Waals surface area contributed by atoms with Crippen LogP contribution in [0.5, 0.6) is 0 Å². The second-order valence-corrected chi connectivity index (χ2v) is 7.82. The summed E-state index contributed by atoms with van der Waals surface area (Å²) in [6, 6.07) is 22.6. The van der Waals surface area contributed by atoms with Crippen LogP contribution in [0, 0.1) is 0 Å². The van der Waals surface area contributed by atoms with Gasteiger partial charge in [-0.05, 0) is 34.7 Å². The lowest BCUT2D eigenvalue weighted by molar-refractivity contribution is 0.0140. The Hall–Kier alpha value is -3.77. The molecule has 0 fully saturated rings. The van der Waals surface area contributed by atoms with E-state index in [4.69, 9.17) is 4.74 Å². The summed E-state index contributed by atoms with van der Waals surface area (Å²) in [4.78, 5) is 26.4. The number of benzene rings is 3. The minimum Gasteiger partial charge on any atom is -0.449 e. The highest BCUT2D eigenvalue weighted by atomic mass is 16.5. The molecular formula is C26H24N2O5. The molecule has 0 spiro atoms. The third-order valence-electron chi connectivity index (χ3n) is 5.84. The van der Waals surface area contributed by atoms with Crippen molar-refractivity contribution in [1.29, 1.82) is 0 Å². The van der Waals surface area contributed by atoms with Crippen molar-refractivity contribution < 1.29 is 24.5 Å². The van der Waals surface area contributed by atoms with Crippen molar-refractivity contribution in [3.63, 3.8) is 0 Å². The van der Waals surface area contributed by atoms with Gasteiger partial charge in [-0.1, -0.05) is 66.7 Å². The molecule has 2 atom stereocenters. The fraction of sp³-hybridized carbons (Fsp3) is 0.231. The smallest absolute Gasteiger partial charge is 0.407 e. The number of nitrogens with one attached hydrogen (secondary N) is 1. The fourth-order valence-corrected chi connectivity index (χ4v) is 4.23. The molecule has 7 nitrogen and oxygen atoms in total. The van der Waals surface area contributed by atoms with Crippen molar-refractivity contribution in [3.8, 4) is 11.1 Å². The number of rotatable bonds is 8. The molecule has 3 N–H and O–H groups in total. The van der Waals surface area contributed by atoms with Crippen LogP contribution in [-0.4, -0.2) is 41.6 Å². The van der Waals surface area contributed by atoms with E-state index in [9.17, 15) is 19.8 Å². The van der Waals surface area contributed by atoms with Crippen LogP contribution in [0.25, 0.3) is 11.1 Å². The van der Waals surface area contributed by atoms with Gasteiger partial charge in [-0.3, -0.25) is 0 Å². The number of ether oxygens (including phenoxy) is 1. The largest absolute Gasteiger partial charge is 0.449 e. The lowest BCUT2D eigenvalue weighted by Crippen LogP contribution is -2.30. The predicted octanol–water partition coefficient (Wildman–Crippen LogP) is 3.98. The number of aliphatic imine (C=N–C) groups is 1. The first-order valence-corrected chi connectivity index (χ1v) is 10.7. The summed E-state index contributed by atoms with van der Waals surface area (Å²) in [5.74, 6) is -0.0366. The van der Waals surface area contributed by atoms with E-state index in [1.54, 1.807) is 24.3 Å². The van der Waals surface area contributed by atoms with Gasteiger partial charge in [0.15, 0.2) is 0 Å². The van der Waals surface area contributed by atoms with Gasteiger partial charge in [-0.15, -0.1) is 0 Å². The third-order valence-corrected chi connectivity index (χ3v) is 5.84. The molecule has 0 aromatic heterocycles. The van der Waals surface area contributed by atoms with Crippen molar-refractivity contribution >= 4 is 17.9 Å². The lowest BCUT2D eigenvalue weighted by Gasteiger charge is -2.19. The van der Waals surface area contributed by atoms with Crippen molar-refractivity contribution in [1.82, 2.24) is 5.32 Å². The van der Waals surface area contributed by atoms with Crippen molar-refractivity contribution in [2.75, 3.05) is 13.2 Å². The molecule has 168 valence electrons. The van der Waals surface area contributed by atoms with E-state index in [1.165, 1.54) is 6.08 Å². The minimum absolute atomic E-state index is 0.0366. The Labute approximate surface area is 191 Å². The molecule has 4 rings (SSSR count). The standard InChI is InChI=1S/C26H24N2O5/c29-16-28-23-12-6-5-11-21(23)25(31)24(30)13-14-27-26(32)33-15-22-19-9-3-1-7-17(19)18-8-2-4-10-20(18)22/h1-12,22,24-25,30-31H,13-15H2,(H,27,32). The molecule has 3 aromatic carbocycles. The molecule has 0 aliphatic heterocycles. The zero-order valence-corrected chi connectivity index (χ0v) is 17.8. The van der Waals surface area contributed by atoms with Crippen LogP contribution in [0.3, 0.4) is 0 Å². The molecular weight excluding hydrogens is 420 g/mol. The number of nitrogens with zero attached hydrogens (tertiary/aromatic N) is 1. The van der Waals surface area contributed by atoms with Crippen molar-refractivity contribution in [2.45, 2.75) is 24.5 Å². The SMILES string of the molecule is O=C=Nc1ccccc1C(O)C(O)CCNC(=O)OCC1c2ccccc2-c2ccccc21. The van der Waals surface area contributed by atoms with Gasteiger partial charge in [0.25, 0.3) is 0 Å². The summed E-state index contributed by atoms with van der Waals surface area (Å²) < 4.78 is 5.47. The van der Waals surface area contributed by atoms with Gasteiger partial charge in [-0.25, -0.2) is 9.59 Å². The lowest BCUT2D eigenvalue weighted by atomic mass is 9.98. The first-order chi connectivity index (χ1) is 16.1. The van der Waals surface area contributed by atoms with Crippen molar-refractivity contribution in [2.24, 2.45) is 4.99 Å². The Morgan fingerprint density at radius 1 is 0.970 bits per heavy atom. The quantitative estimate of drug-likeness (QED) is 0.360. The van der Waals surface area contributed by atoms with Crippen LogP contribution >= 0.6 is 0 Å². The number of aliphatic hydroxyl groups is 2. The number of aliphatic hydroxyl groups excluding tert-OH is 2. The molecule has 2 unspecified atom stereocenters. The molecule has 3 aromatic rings. The second-order valence-electron chi connectivity index (χ2n) is 7.82. The van der Waals surface area contributed by atoms with E-state index in [1.807, 2.05) is 36.4 Å². The normalized spacial score (nSPS) is 13.9. The number of isocyanates is 1. The number of hydrogen-bond donors (Lipinski definition) is 3. The Bertz CT molecular complexity index is 1140. The summed E-state index contributed by atoms with van der Waals surface area (Å²) in [5.41, 5.74) is 5.11. The molecule has 0 saturated heterocycles. The predicted molar refractivity (Wildman–Crippen MR) is 123 cm³/mol. The Balaban J connectivity index is 1.30. The van der Waals surface area contributed by atoms with Gasteiger partial charge in [-0.2, -0.15) is 4.99 Å². The van der Waals surface area contributed by atoms with E-state index in [0.29, 0.717) is 5.56 Å². The van der Waals surface area contributed by atoms with Gasteiger partial charge in [0.05, 0.1) is 11.8 Å². The Morgan fingerprint density at radius 3 is 2.24 bits per heavy atom. The number of amides is 1. The molecule has 7 heteroatoms. The number of para-hydroxylation sites is 1. The van der Waals surface area contributed by atoms with E-state index in [0.717, 1.165) is 22.3 Å². The zero-order chi connectivity index (χ0) is 23.2. The molecule has 0 saturated carbocycles. The van der Waals surface area contributed by atoms with Crippen LogP contribution in [0.2, 0.25) is 0 Å². The number of carbonyl (C=O) groups is 1. The Kier molecular flexibility index (Phi) is 6.95. The second kappa shape index (κ2) is 10.2. The average Bonchev–Trinajstić information content (AvgIpc) is 3.16. The summed E-state index contributed by atoms with van der Waals surface area (Å²) in [6.45, 7) is 0.302. The van der Waals surface area contributed by atoms with E-state index in [-0.39, 0.29) is 31.2 Å². The monoisotopic (exact) mass is 444 g/mol. The van der Waals surface area contributed by atoms with E-state index in [2.05, 4.69) is 22.4 Å². The Morgan fingerprint density at radius 2 is 1.58 bits per heavy atom. The highest BCUT2D eigenvalue weighted by molar-refractivity contribution is 5.79. The number of alkyl carbamates (subject to hydrolysis) is 1. The van der Waals surface area contributed by atoms with Gasteiger partial charge in [0.1, 0.15) is 12.7 Å². The molecule has 33 heavy (non-hydrogen) atoms. The number of carbonyl (C=O) groups excluding carboxylic acids is 2. The van der Waals surface area contributed by atoms with Crippen LogP contribution in [0.1, 0.15) is 35.1 Å². The molecule has 1 aliphatic carbocycles. The van der Waals surface area contributed by atoms with Gasteiger partial charge >= 0.3 is 6.09 Å². The van der Waals surface area contributed by atoms with Crippen LogP contribution in [0.4, 0.5) is 10.5 Å². The first kappa shape index (κ1) is 22.4. The van der Waals surface area contributed by atoms with Gasteiger partial charge < -0.3 is 20.3 Å². The van der Waals surface area contributed by atoms with Crippen molar-refractivity contribution in [3.05, 3.63) is 89.5 Å². The summed E-state index contributed by atoms with van der Waals surface area (Å²) in [5, 5.41) is 23.3. The number of hydrogen-bond acceptors (Lipinski definition) is 6. The molecule has 0 bridgehead atoms. The highest BCUT2D eigenvalue weighted by Gasteiger charge is 2.29. The third kappa shape index (κ3) is 4.86. The summed E-state index contributed by atoms with van der Waals surface area (Å²) >= 11 is 0. The first-order valence-electron chi connectivity index (χ1n) is 10.7. The maximum absolute atomic E-state index is 12.2.